The largest absolute Gasteiger partial charge is 0.329 e. The van der Waals surface area contributed by atoms with Crippen LogP contribution in [0.25, 0.3) is 11.2 Å². The van der Waals surface area contributed by atoms with E-state index in [1.807, 2.05) is 28.8 Å². The van der Waals surface area contributed by atoms with Gasteiger partial charge in [0.15, 0.2) is 16.3 Å². The molecule has 3 rings (SSSR count). The van der Waals surface area contributed by atoms with Crippen LogP contribution in [0.4, 0.5) is 0 Å². The number of nitrogens with zero attached hydrogens (tertiary/aromatic N) is 3. The number of aryl methyl sites for hydroxylation is 1. The summed E-state index contributed by atoms with van der Waals surface area (Å²) in [6.07, 6.45) is 13.0. The molecule has 0 fully saturated rings. The highest BCUT2D eigenvalue weighted by Gasteiger charge is 2.18. The Balaban J connectivity index is 1.61. The second-order valence-corrected chi connectivity index (χ2v) is 10.1. The number of hydrogen-bond acceptors (Lipinski definition) is 4. The van der Waals surface area contributed by atoms with Crippen molar-refractivity contribution in [2.45, 2.75) is 82.8 Å². The van der Waals surface area contributed by atoms with Crippen LogP contribution in [0, 0.1) is 0 Å². The Bertz CT molecular complexity index is 1130. The van der Waals surface area contributed by atoms with Gasteiger partial charge in [-0.2, -0.15) is 0 Å². The molecule has 2 heterocycles. The average molecular weight is 491 g/mol. The van der Waals surface area contributed by atoms with Crippen LogP contribution in [0.1, 0.15) is 76.7 Å². The summed E-state index contributed by atoms with van der Waals surface area (Å²) in [5.41, 5.74) is 1.02. The van der Waals surface area contributed by atoms with E-state index in [9.17, 15) is 9.59 Å². The zero-order valence-corrected chi connectivity index (χ0v) is 21.3. The predicted molar refractivity (Wildman–Crippen MR) is 139 cm³/mol. The fourth-order valence-electron chi connectivity index (χ4n) is 4.00. The number of halogens is 1. The van der Waals surface area contributed by atoms with Crippen molar-refractivity contribution >= 4 is 34.5 Å². The topological polar surface area (TPSA) is 72.7 Å². The maximum absolute atomic E-state index is 12.6. The number of aromatic amines is 1. The lowest BCUT2D eigenvalue weighted by molar-refractivity contribution is 0.563. The molecule has 0 aliphatic rings. The van der Waals surface area contributed by atoms with E-state index < -0.39 is 11.2 Å². The van der Waals surface area contributed by atoms with E-state index in [0.717, 1.165) is 22.9 Å². The third kappa shape index (κ3) is 7.24. The molecular weight excluding hydrogens is 456 g/mol. The van der Waals surface area contributed by atoms with E-state index in [2.05, 4.69) is 16.9 Å². The standard InChI is InChI=1S/C25H35ClN4O2S/c1-3-4-5-6-7-8-9-10-11-12-17-33-25-27-22-21(23(31)28-24(32)29(22)2)30(25)18-19-13-15-20(26)16-14-19/h13-16H,3-12,17-18H2,1-2H3,(H,28,31,32). The molecule has 0 unspecified atom stereocenters. The Labute approximate surface area is 204 Å². The molecule has 1 aromatic carbocycles. The maximum Gasteiger partial charge on any atom is 0.329 e. The normalized spacial score (nSPS) is 11.5. The second-order valence-electron chi connectivity index (χ2n) is 8.63. The van der Waals surface area contributed by atoms with Gasteiger partial charge in [-0.05, 0) is 24.1 Å². The van der Waals surface area contributed by atoms with Crippen molar-refractivity contribution in [2.75, 3.05) is 5.75 Å². The zero-order valence-electron chi connectivity index (χ0n) is 19.7. The van der Waals surface area contributed by atoms with Crippen molar-refractivity contribution in [1.29, 1.82) is 0 Å². The van der Waals surface area contributed by atoms with Crippen molar-refractivity contribution in [2.24, 2.45) is 7.05 Å². The van der Waals surface area contributed by atoms with Gasteiger partial charge in [-0.1, -0.05) is 100 Å². The molecule has 0 aliphatic heterocycles. The maximum atomic E-state index is 12.6. The van der Waals surface area contributed by atoms with Crippen LogP contribution in [-0.2, 0) is 13.6 Å². The van der Waals surface area contributed by atoms with Crippen LogP contribution in [0.15, 0.2) is 39.0 Å². The SMILES string of the molecule is CCCCCCCCCCCCSc1nc2c(c(=O)[nH]c(=O)n2C)n1Cc1ccc(Cl)cc1. The Morgan fingerprint density at radius 3 is 2.18 bits per heavy atom. The lowest BCUT2D eigenvalue weighted by Crippen LogP contribution is -2.29. The van der Waals surface area contributed by atoms with Gasteiger partial charge < -0.3 is 4.57 Å². The van der Waals surface area contributed by atoms with Gasteiger partial charge in [-0.15, -0.1) is 0 Å². The van der Waals surface area contributed by atoms with Crippen molar-refractivity contribution in [3.63, 3.8) is 0 Å². The number of rotatable bonds is 14. The number of hydrogen-bond donors (Lipinski definition) is 1. The number of thioether (sulfide) groups is 1. The molecule has 2 aromatic heterocycles. The Hall–Kier alpha value is -1.99. The van der Waals surface area contributed by atoms with Crippen LogP contribution in [-0.4, -0.2) is 24.9 Å². The Kier molecular flexibility index (Phi) is 10.1. The van der Waals surface area contributed by atoms with Gasteiger partial charge in [0, 0.05) is 17.8 Å². The number of imidazole rings is 1. The first kappa shape index (κ1) is 25.6. The second kappa shape index (κ2) is 13.0. The average Bonchev–Trinajstić information content (AvgIpc) is 3.16. The van der Waals surface area contributed by atoms with E-state index in [-0.39, 0.29) is 0 Å². The number of nitrogens with one attached hydrogen (secondary N) is 1. The summed E-state index contributed by atoms with van der Waals surface area (Å²) < 4.78 is 3.32. The molecule has 0 saturated heterocycles. The Morgan fingerprint density at radius 2 is 1.55 bits per heavy atom. The number of H-pyrrole nitrogens is 1. The highest BCUT2D eigenvalue weighted by molar-refractivity contribution is 7.99. The molecular formula is C25H35ClN4O2S. The van der Waals surface area contributed by atoms with E-state index in [1.165, 1.54) is 62.4 Å². The number of unbranched alkanes of at least 4 members (excludes halogenated alkanes) is 9. The van der Waals surface area contributed by atoms with Crippen molar-refractivity contribution < 1.29 is 0 Å². The summed E-state index contributed by atoms with van der Waals surface area (Å²) in [5, 5.41) is 1.44. The van der Waals surface area contributed by atoms with Gasteiger partial charge in [0.25, 0.3) is 5.56 Å². The lowest BCUT2D eigenvalue weighted by atomic mass is 10.1. The smallest absolute Gasteiger partial charge is 0.309 e. The predicted octanol–water partition coefficient (Wildman–Crippen LogP) is 6.14. The monoisotopic (exact) mass is 490 g/mol. The zero-order chi connectivity index (χ0) is 23.6. The molecule has 6 nitrogen and oxygen atoms in total. The van der Waals surface area contributed by atoms with Gasteiger partial charge in [-0.3, -0.25) is 14.3 Å². The van der Waals surface area contributed by atoms with Crippen LogP contribution in [0.3, 0.4) is 0 Å². The summed E-state index contributed by atoms with van der Waals surface area (Å²) in [6.45, 7) is 2.75. The third-order valence-electron chi connectivity index (χ3n) is 5.96. The van der Waals surface area contributed by atoms with Gasteiger partial charge in [-0.25, -0.2) is 9.78 Å². The number of fused-ring (bicyclic) bond motifs is 1. The van der Waals surface area contributed by atoms with E-state index in [1.54, 1.807) is 18.8 Å². The summed E-state index contributed by atoms with van der Waals surface area (Å²) in [6, 6.07) is 7.57. The van der Waals surface area contributed by atoms with Crippen LogP contribution in [0.2, 0.25) is 5.02 Å². The summed E-state index contributed by atoms with van der Waals surface area (Å²) in [5.74, 6) is 0.937. The van der Waals surface area contributed by atoms with Crippen LogP contribution >= 0.6 is 23.4 Å². The van der Waals surface area contributed by atoms with Gasteiger partial charge in [0.05, 0.1) is 6.54 Å². The summed E-state index contributed by atoms with van der Waals surface area (Å²) in [7, 11) is 1.64. The van der Waals surface area contributed by atoms with E-state index in [4.69, 9.17) is 11.6 Å². The molecule has 0 amide bonds. The fourth-order valence-corrected chi connectivity index (χ4v) is 5.12. The first-order chi connectivity index (χ1) is 16.0. The molecule has 0 radical (unpaired) electrons. The molecule has 0 spiro atoms. The first-order valence-corrected chi connectivity index (χ1v) is 13.4. The summed E-state index contributed by atoms with van der Waals surface area (Å²) >= 11 is 7.68. The molecule has 1 N–H and O–H groups in total. The van der Waals surface area contributed by atoms with Crippen LogP contribution in [0.5, 0.6) is 0 Å². The minimum Gasteiger partial charge on any atom is -0.309 e. The van der Waals surface area contributed by atoms with Gasteiger partial charge >= 0.3 is 5.69 Å². The highest BCUT2D eigenvalue weighted by Crippen LogP contribution is 2.24. The third-order valence-corrected chi connectivity index (χ3v) is 7.27. The first-order valence-electron chi connectivity index (χ1n) is 12.1. The molecule has 8 heteroatoms. The molecule has 180 valence electrons. The molecule has 0 aliphatic carbocycles. The molecule has 3 aromatic rings. The molecule has 0 bridgehead atoms. The molecule has 0 atom stereocenters. The lowest BCUT2D eigenvalue weighted by Gasteiger charge is -2.09. The van der Waals surface area contributed by atoms with Crippen molar-refractivity contribution in [1.82, 2.24) is 19.1 Å². The van der Waals surface area contributed by atoms with Crippen molar-refractivity contribution in [3.05, 3.63) is 55.7 Å². The quantitative estimate of drug-likeness (QED) is 0.217. The number of benzene rings is 1. The molecule has 0 saturated carbocycles. The number of aromatic nitrogens is 4. The van der Waals surface area contributed by atoms with Gasteiger partial charge in [0.1, 0.15) is 0 Å². The minimum atomic E-state index is -0.449. The highest BCUT2D eigenvalue weighted by atomic mass is 35.5. The van der Waals surface area contributed by atoms with Gasteiger partial charge in [0.2, 0.25) is 0 Å². The molecule has 33 heavy (non-hydrogen) atoms. The van der Waals surface area contributed by atoms with E-state index >= 15 is 0 Å². The van der Waals surface area contributed by atoms with Crippen molar-refractivity contribution in [3.8, 4) is 0 Å². The van der Waals surface area contributed by atoms with E-state index in [0.29, 0.717) is 22.7 Å². The fraction of sp³-hybridized carbons (Fsp3) is 0.560. The Morgan fingerprint density at radius 1 is 0.939 bits per heavy atom. The summed E-state index contributed by atoms with van der Waals surface area (Å²) in [4.78, 5) is 31.8. The van der Waals surface area contributed by atoms with Crippen LogP contribution < -0.4 is 11.2 Å². The minimum absolute atomic E-state index is 0.402.